The minimum atomic E-state index is -0.0751. The largest absolute Gasteiger partial charge is 0.162 e. The summed E-state index contributed by atoms with van der Waals surface area (Å²) in [4.78, 5) is 1.56. The number of tetrazole rings is 1. The van der Waals surface area contributed by atoms with E-state index in [4.69, 9.17) is 0 Å². The van der Waals surface area contributed by atoms with E-state index >= 15 is 0 Å². The molecule has 0 saturated carbocycles. The van der Waals surface area contributed by atoms with E-state index in [-0.39, 0.29) is 3.55 Å². The Morgan fingerprint density at radius 1 is 1.56 bits per heavy atom. The van der Waals surface area contributed by atoms with Crippen LogP contribution in [0.3, 0.4) is 0 Å². The Labute approximate surface area is 66.8 Å². The number of hydrogen-bond acceptors (Lipinski definition) is 3. The lowest BCUT2D eigenvalue weighted by Gasteiger charge is -2.12. The first kappa shape index (κ1) is 6.91. The fraction of sp³-hybridized carbons (Fsp3) is 0.750. The highest BCUT2D eigenvalue weighted by molar-refractivity contribution is 14.1. The van der Waals surface area contributed by atoms with Crippen LogP contribution in [-0.4, -0.2) is 20.2 Å². The van der Waals surface area contributed by atoms with Crippen molar-refractivity contribution in [3.05, 3.63) is 6.33 Å². The van der Waals surface area contributed by atoms with Gasteiger partial charge in [0, 0.05) is 0 Å². The SMILES string of the molecule is CC(C)(I)n1ncnn1. The van der Waals surface area contributed by atoms with Crippen molar-refractivity contribution in [1.29, 1.82) is 0 Å². The second-order valence-corrected chi connectivity index (χ2v) is 4.77. The summed E-state index contributed by atoms with van der Waals surface area (Å²) in [5.74, 6) is 0. The van der Waals surface area contributed by atoms with Crippen molar-refractivity contribution in [1.82, 2.24) is 20.2 Å². The Hall–Kier alpha value is -0.200. The van der Waals surface area contributed by atoms with Gasteiger partial charge < -0.3 is 0 Å². The number of nitrogens with zero attached hydrogens (tertiary/aromatic N) is 4. The predicted molar refractivity (Wildman–Crippen MR) is 41.2 cm³/mol. The number of alkyl halides is 1. The average molecular weight is 238 g/mol. The maximum Gasteiger partial charge on any atom is 0.162 e. The Kier molecular flexibility index (Phi) is 1.69. The highest BCUT2D eigenvalue weighted by atomic mass is 127. The van der Waals surface area contributed by atoms with Gasteiger partial charge in [0.2, 0.25) is 0 Å². The summed E-state index contributed by atoms with van der Waals surface area (Å²) in [7, 11) is 0. The molecule has 0 bridgehead atoms. The summed E-state index contributed by atoms with van der Waals surface area (Å²) in [5, 5.41) is 11.2. The van der Waals surface area contributed by atoms with Gasteiger partial charge in [0.05, 0.1) is 0 Å². The molecule has 0 aliphatic heterocycles. The van der Waals surface area contributed by atoms with E-state index in [1.165, 1.54) is 6.33 Å². The second kappa shape index (κ2) is 2.20. The molecule has 0 amide bonds. The average Bonchev–Trinajstić information content (AvgIpc) is 2.08. The zero-order chi connectivity index (χ0) is 6.91. The number of rotatable bonds is 1. The molecule has 1 aromatic heterocycles. The number of hydrogen-bond donors (Lipinski definition) is 0. The molecule has 0 fully saturated rings. The minimum absolute atomic E-state index is 0.0751. The minimum Gasteiger partial charge on any atom is -0.149 e. The molecular formula is C4H7IN4. The quantitative estimate of drug-likeness (QED) is 0.536. The first-order valence-electron chi connectivity index (χ1n) is 2.53. The fourth-order valence-corrected chi connectivity index (χ4v) is 0.632. The van der Waals surface area contributed by atoms with Crippen LogP contribution in [0.5, 0.6) is 0 Å². The van der Waals surface area contributed by atoms with Crippen molar-refractivity contribution in [2.45, 2.75) is 17.4 Å². The fourth-order valence-electron chi connectivity index (χ4n) is 0.411. The molecule has 5 heteroatoms. The Morgan fingerprint density at radius 2 is 2.22 bits per heavy atom. The lowest BCUT2D eigenvalue weighted by atomic mass is 10.4. The van der Waals surface area contributed by atoms with Crippen molar-refractivity contribution in [3.8, 4) is 0 Å². The van der Waals surface area contributed by atoms with Gasteiger partial charge in [0.15, 0.2) is 6.33 Å². The molecule has 0 radical (unpaired) electrons. The highest BCUT2D eigenvalue weighted by Gasteiger charge is 2.16. The third-order valence-corrected chi connectivity index (χ3v) is 1.26. The van der Waals surface area contributed by atoms with E-state index in [1.54, 1.807) is 4.80 Å². The maximum atomic E-state index is 3.87. The molecule has 9 heavy (non-hydrogen) atoms. The van der Waals surface area contributed by atoms with Crippen molar-refractivity contribution in [3.63, 3.8) is 0 Å². The molecule has 1 heterocycles. The Bertz CT molecular complexity index is 175. The van der Waals surface area contributed by atoms with Crippen LogP contribution >= 0.6 is 22.6 Å². The molecule has 0 aliphatic rings. The van der Waals surface area contributed by atoms with Crippen molar-refractivity contribution >= 4 is 22.6 Å². The number of halogens is 1. The lowest BCUT2D eigenvalue weighted by molar-refractivity contribution is 0.432. The first-order chi connectivity index (χ1) is 4.11. The maximum absolute atomic E-state index is 3.87. The van der Waals surface area contributed by atoms with Gasteiger partial charge in [-0.05, 0) is 19.1 Å². The van der Waals surface area contributed by atoms with Crippen LogP contribution in [0.1, 0.15) is 13.8 Å². The van der Waals surface area contributed by atoms with Crippen molar-refractivity contribution in [2.24, 2.45) is 0 Å². The van der Waals surface area contributed by atoms with Gasteiger partial charge in [-0.2, -0.15) is 0 Å². The first-order valence-corrected chi connectivity index (χ1v) is 3.61. The summed E-state index contributed by atoms with van der Waals surface area (Å²) < 4.78 is -0.0751. The summed E-state index contributed by atoms with van der Waals surface area (Å²) >= 11 is 2.24. The molecule has 0 aromatic carbocycles. The van der Waals surface area contributed by atoms with Crippen LogP contribution in [0.4, 0.5) is 0 Å². The monoisotopic (exact) mass is 238 g/mol. The molecule has 4 nitrogen and oxygen atoms in total. The van der Waals surface area contributed by atoms with Gasteiger partial charge in [0.1, 0.15) is 3.55 Å². The third-order valence-electron chi connectivity index (χ3n) is 0.825. The van der Waals surface area contributed by atoms with Gasteiger partial charge in [-0.25, -0.2) is 0 Å². The van der Waals surface area contributed by atoms with E-state index in [2.05, 4.69) is 38.0 Å². The normalized spacial score (nSPS) is 11.9. The van der Waals surface area contributed by atoms with Gasteiger partial charge in [0.25, 0.3) is 0 Å². The molecule has 0 saturated heterocycles. The van der Waals surface area contributed by atoms with Crippen LogP contribution in [0.2, 0.25) is 0 Å². The molecule has 50 valence electrons. The molecule has 1 aromatic rings. The molecule has 0 spiro atoms. The zero-order valence-corrected chi connectivity index (χ0v) is 7.40. The van der Waals surface area contributed by atoms with Crippen LogP contribution in [-0.2, 0) is 3.55 Å². The molecule has 0 aliphatic carbocycles. The molecular weight excluding hydrogens is 231 g/mol. The van der Waals surface area contributed by atoms with E-state index in [1.807, 2.05) is 13.8 Å². The van der Waals surface area contributed by atoms with Gasteiger partial charge in [-0.15, -0.1) is 15.0 Å². The standard InChI is InChI=1S/C4H7IN4/c1-4(2,5)9-7-3-6-8-9/h3H,1-2H3. The van der Waals surface area contributed by atoms with Crippen LogP contribution in [0, 0.1) is 0 Å². The third kappa shape index (κ3) is 1.60. The molecule has 0 N–H and O–H groups in total. The predicted octanol–water partition coefficient (Wildman–Crippen LogP) is 0.801. The van der Waals surface area contributed by atoms with Crippen LogP contribution in [0.15, 0.2) is 6.33 Å². The molecule has 0 unspecified atom stereocenters. The summed E-state index contributed by atoms with van der Waals surface area (Å²) in [6.07, 6.45) is 1.43. The van der Waals surface area contributed by atoms with E-state index in [9.17, 15) is 0 Å². The summed E-state index contributed by atoms with van der Waals surface area (Å²) in [6, 6.07) is 0. The second-order valence-electron chi connectivity index (χ2n) is 2.13. The van der Waals surface area contributed by atoms with E-state index in [0.717, 1.165) is 0 Å². The smallest absolute Gasteiger partial charge is 0.149 e. The number of aromatic nitrogens is 4. The summed E-state index contributed by atoms with van der Waals surface area (Å²) in [6.45, 7) is 4.02. The van der Waals surface area contributed by atoms with Gasteiger partial charge in [-0.1, -0.05) is 22.6 Å². The zero-order valence-electron chi connectivity index (χ0n) is 5.24. The van der Waals surface area contributed by atoms with E-state index in [0.29, 0.717) is 0 Å². The van der Waals surface area contributed by atoms with Crippen molar-refractivity contribution in [2.75, 3.05) is 0 Å². The molecule has 0 atom stereocenters. The Morgan fingerprint density at radius 3 is 2.44 bits per heavy atom. The highest BCUT2D eigenvalue weighted by Crippen LogP contribution is 2.19. The summed E-state index contributed by atoms with van der Waals surface area (Å²) in [5.41, 5.74) is 0. The van der Waals surface area contributed by atoms with Crippen molar-refractivity contribution < 1.29 is 0 Å². The topological polar surface area (TPSA) is 43.6 Å². The van der Waals surface area contributed by atoms with Gasteiger partial charge >= 0.3 is 0 Å². The lowest BCUT2D eigenvalue weighted by Crippen LogP contribution is -2.20. The molecule has 1 rings (SSSR count). The van der Waals surface area contributed by atoms with Gasteiger partial charge in [-0.3, -0.25) is 0 Å². The Balaban J connectivity index is 2.90. The van der Waals surface area contributed by atoms with Crippen LogP contribution < -0.4 is 0 Å². The van der Waals surface area contributed by atoms with Crippen LogP contribution in [0.25, 0.3) is 0 Å². The van der Waals surface area contributed by atoms with E-state index < -0.39 is 0 Å².